The van der Waals surface area contributed by atoms with E-state index in [1.165, 1.54) is 19.2 Å². The number of urea groups is 1. The number of hydrogen-bond donors (Lipinski definition) is 1. The molecule has 6 nitrogen and oxygen atoms in total. The van der Waals surface area contributed by atoms with E-state index in [1.54, 1.807) is 11.0 Å². The summed E-state index contributed by atoms with van der Waals surface area (Å²) in [7, 11) is 3.28. The Morgan fingerprint density at radius 2 is 1.84 bits per heavy atom. The van der Waals surface area contributed by atoms with Gasteiger partial charge in [0.25, 0.3) is 0 Å². The highest BCUT2D eigenvalue weighted by Gasteiger charge is 2.26. The number of para-hydroxylation sites is 2. The highest BCUT2D eigenvalue weighted by Crippen LogP contribution is 2.32. The molecule has 1 aliphatic heterocycles. The van der Waals surface area contributed by atoms with Gasteiger partial charge in [0.2, 0.25) is 0 Å². The maximum absolute atomic E-state index is 12.8. The van der Waals surface area contributed by atoms with E-state index in [-0.39, 0.29) is 11.6 Å². The highest BCUT2D eigenvalue weighted by molar-refractivity contribution is 6.31. The van der Waals surface area contributed by atoms with Crippen molar-refractivity contribution in [2.75, 3.05) is 42.4 Å². The van der Waals surface area contributed by atoms with Crippen LogP contribution in [-0.4, -0.2) is 39.2 Å². The zero-order chi connectivity index (χ0) is 18.0. The van der Waals surface area contributed by atoms with Crippen LogP contribution in [0.5, 0.6) is 0 Å². The smallest absolute Gasteiger partial charge is 0.339 e. The fraction of sp³-hybridized carbons (Fsp3) is 0.222. The number of fused-ring (bicyclic) bond motifs is 1. The van der Waals surface area contributed by atoms with Crippen LogP contribution in [0.2, 0.25) is 5.02 Å². The standard InChI is InChI=1S/C18H18ClN3O3/c1-21-9-10-22(16-6-4-3-5-15(16)21)18(24)20-14-11-12(19)7-8-13(14)17(23)25-2/h3-8,11H,9-10H2,1-2H3,(H,20,24). The van der Waals surface area contributed by atoms with Crippen molar-refractivity contribution in [3.8, 4) is 0 Å². The lowest BCUT2D eigenvalue weighted by molar-refractivity contribution is 0.0602. The Bertz CT molecular complexity index is 825. The minimum atomic E-state index is -0.536. The van der Waals surface area contributed by atoms with E-state index in [4.69, 9.17) is 16.3 Å². The zero-order valence-electron chi connectivity index (χ0n) is 14.0. The number of benzene rings is 2. The summed E-state index contributed by atoms with van der Waals surface area (Å²) in [5, 5.41) is 3.19. The molecular weight excluding hydrogens is 342 g/mol. The third-order valence-corrected chi connectivity index (χ3v) is 4.35. The van der Waals surface area contributed by atoms with Crippen molar-refractivity contribution in [3.05, 3.63) is 53.1 Å². The average Bonchev–Trinajstić information content (AvgIpc) is 2.61. The number of amides is 2. The molecule has 2 amide bonds. The first-order valence-corrected chi connectivity index (χ1v) is 8.15. The summed E-state index contributed by atoms with van der Waals surface area (Å²) < 4.78 is 4.76. The molecule has 1 N–H and O–H groups in total. The molecule has 0 fully saturated rings. The minimum absolute atomic E-state index is 0.252. The first kappa shape index (κ1) is 17.1. The number of carbonyl (C=O) groups excluding carboxylic acids is 2. The highest BCUT2D eigenvalue weighted by atomic mass is 35.5. The number of likely N-dealkylation sites (N-methyl/N-ethyl adjacent to an activating group) is 1. The largest absolute Gasteiger partial charge is 0.465 e. The molecule has 3 rings (SSSR count). The number of anilines is 3. The number of halogens is 1. The number of nitrogens with one attached hydrogen (secondary N) is 1. The topological polar surface area (TPSA) is 61.9 Å². The Balaban J connectivity index is 1.90. The van der Waals surface area contributed by atoms with Gasteiger partial charge in [-0.1, -0.05) is 23.7 Å². The number of nitrogens with zero attached hydrogens (tertiary/aromatic N) is 2. The molecule has 130 valence electrons. The number of carbonyl (C=O) groups is 2. The number of esters is 1. The van der Waals surface area contributed by atoms with E-state index in [1.807, 2.05) is 31.3 Å². The van der Waals surface area contributed by atoms with Gasteiger partial charge in [-0.15, -0.1) is 0 Å². The molecule has 0 radical (unpaired) electrons. The fourth-order valence-corrected chi connectivity index (χ4v) is 2.98. The number of rotatable bonds is 2. The van der Waals surface area contributed by atoms with Crippen molar-refractivity contribution >= 4 is 40.7 Å². The van der Waals surface area contributed by atoms with Crippen molar-refractivity contribution < 1.29 is 14.3 Å². The third-order valence-electron chi connectivity index (χ3n) is 4.12. The van der Waals surface area contributed by atoms with Crippen LogP contribution in [0.15, 0.2) is 42.5 Å². The van der Waals surface area contributed by atoms with Gasteiger partial charge < -0.3 is 15.0 Å². The predicted octanol–water partition coefficient (Wildman–Crippen LogP) is 3.61. The molecule has 0 spiro atoms. The lowest BCUT2D eigenvalue weighted by atomic mass is 10.1. The Hall–Kier alpha value is -2.73. The average molecular weight is 360 g/mol. The summed E-state index contributed by atoms with van der Waals surface area (Å²) in [6, 6.07) is 12.0. The molecule has 0 aliphatic carbocycles. The third kappa shape index (κ3) is 3.39. The quantitative estimate of drug-likeness (QED) is 0.832. The first-order valence-electron chi connectivity index (χ1n) is 7.78. The maximum Gasteiger partial charge on any atom is 0.339 e. The molecule has 2 aromatic rings. The normalized spacial score (nSPS) is 13.2. The van der Waals surface area contributed by atoms with Crippen LogP contribution in [0, 0.1) is 0 Å². The first-order chi connectivity index (χ1) is 12.0. The molecule has 7 heteroatoms. The molecule has 1 heterocycles. The van der Waals surface area contributed by atoms with E-state index in [9.17, 15) is 9.59 Å². The fourth-order valence-electron chi connectivity index (χ4n) is 2.81. The molecular formula is C18H18ClN3O3. The SMILES string of the molecule is COC(=O)c1ccc(Cl)cc1NC(=O)N1CCN(C)c2ccccc21. The molecule has 2 aromatic carbocycles. The Morgan fingerprint density at radius 3 is 2.56 bits per heavy atom. The number of ether oxygens (including phenoxy) is 1. The monoisotopic (exact) mass is 359 g/mol. The molecule has 0 saturated carbocycles. The lowest BCUT2D eigenvalue weighted by Gasteiger charge is -2.35. The number of hydrogen-bond acceptors (Lipinski definition) is 4. The second-order valence-electron chi connectivity index (χ2n) is 5.67. The summed E-state index contributed by atoms with van der Waals surface area (Å²) in [4.78, 5) is 28.5. The molecule has 1 aliphatic rings. The van der Waals surface area contributed by atoms with Gasteiger partial charge >= 0.3 is 12.0 Å². The van der Waals surface area contributed by atoms with E-state index < -0.39 is 5.97 Å². The van der Waals surface area contributed by atoms with Gasteiger partial charge in [0.15, 0.2) is 0 Å². The van der Waals surface area contributed by atoms with Crippen LogP contribution in [0.3, 0.4) is 0 Å². The van der Waals surface area contributed by atoms with Crippen LogP contribution >= 0.6 is 11.6 Å². The molecule has 0 unspecified atom stereocenters. The van der Waals surface area contributed by atoms with Crippen molar-refractivity contribution in [1.82, 2.24) is 0 Å². The molecule has 0 aromatic heterocycles. The van der Waals surface area contributed by atoms with Gasteiger partial charge in [-0.2, -0.15) is 0 Å². The second kappa shape index (κ2) is 7.03. The van der Waals surface area contributed by atoms with Gasteiger partial charge in [0.1, 0.15) is 0 Å². The van der Waals surface area contributed by atoms with Crippen molar-refractivity contribution in [2.45, 2.75) is 0 Å². The van der Waals surface area contributed by atoms with E-state index in [0.717, 1.165) is 11.4 Å². The van der Waals surface area contributed by atoms with Crippen LogP contribution in [0.4, 0.5) is 21.9 Å². The maximum atomic E-state index is 12.8. The van der Waals surface area contributed by atoms with Crippen molar-refractivity contribution in [1.29, 1.82) is 0 Å². The van der Waals surface area contributed by atoms with Gasteiger partial charge in [-0.3, -0.25) is 4.90 Å². The summed E-state index contributed by atoms with van der Waals surface area (Å²) in [6.45, 7) is 1.25. The Morgan fingerprint density at radius 1 is 1.12 bits per heavy atom. The van der Waals surface area contributed by atoms with Gasteiger partial charge in [0, 0.05) is 25.2 Å². The Kier molecular flexibility index (Phi) is 4.81. The van der Waals surface area contributed by atoms with Crippen LogP contribution in [0.25, 0.3) is 0 Å². The van der Waals surface area contributed by atoms with Crippen molar-refractivity contribution in [2.24, 2.45) is 0 Å². The molecule has 25 heavy (non-hydrogen) atoms. The Labute approximate surface area is 150 Å². The van der Waals surface area contributed by atoms with Crippen LogP contribution in [-0.2, 0) is 4.74 Å². The zero-order valence-corrected chi connectivity index (χ0v) is 14.7. The summed E-state index contributed by atoms with van der Waals surface area (Å²) >= 11 is 6.01. The molecule has 0 bridgehead atoms. The van der Waals surface area contributed by atoms with E-state index >= 15 is 0 Å². The van der Waals surface area contributed by atoms with E-state index in [0.29, 0.717) is 23.8 Å². The van der Waals surface area contributed by atoms with Gasteiger partial charge in [-0.05, 0) is 30.3 Å². The van der Waals surface area contributed by atoms with Crippen LogP contribution in [0.1, 0.15) is 10.4 Å². The van der Waals surface area contributed by atoms with Crippen LogP contribution < -0.4 is 15.1 Å². The molecule has 0 atom stereocenters. The summed E-state index contributed by atoms with van der Waals surface area (Å²) in [5.41, 5.74) is 2.36. The lowest BCUT2D eigenvalue weighted by Crippen LogP contribution is -2.44. The van der Waals surface area contributed by atoms with Crippen molar-refractivity contribution in [3.63, 3.8) is 0 Å². The predicted molar refractivity (Wildman–Crippen MR) is 98.9 cm³/mol. The number of methoxy groups -OCH3 is 1. The second-order valence-corrected chi connectivity index (χ2v) is 6.11. The van der Waals surface area contributed by atoms with E-state index in [2.05, 4.69) is 10.2 Å². The summed E-state index contributed by atoms with van der Waals surface area (Å²) in [5.74, 6) is -0.536. The molecule has 0 saturated heterocycles. The van der Waals surface area contributed by atoms with Gasteiger partial charge in [-0.25, -0.2) is 9.59 Å². The van der Waals surface area contributed by atoms with Gasteiger partial charge in [0.05, 0.1) is 29.7 Å². The summed E-state index contributed by atoms with van der Waals surface area (Å²) in [6.07, 6.45) is 0. The minimum Gasteiger partial charge on any atom is -0.465 e.